The Balaban J connectivity index is 2.27. The average Bonchev–Trinajstić information content (AvgIpc) is 2.63. The molecule has 0 unspecified atom stereocenters. The van der Waals surface area contributed by atoms with E-state index in [9.17, 15) is 14.9 Å². The first kappa shape index (κ1) is 17.5. The molecule has 0 spiro atoms. The summed E-state index contributed by atoms with van der Waals surface area (Å²) in [5.74, 6) is -1.09. The molecule has 1 aromatic heterocycles. The molecule has 8 nitrogen and oxygen atoms in total. The smallest absolute Gasteiger partial charge is 0.270 e. The summed E-state index contributed by atoms with van der Waals surface area (Å²) in [6.07, 6.45) is 2.08. The van der Waals surface area contributed by atoms with Crippen LogP contribution in [0.4, 0.5) is 5.69 Å². The van der Waals surface area contributed by atoms with E-state index in [1.165, 1.54) is 26.4 Å². The second-order valence-corrected chi connectivity index (χ2v) is 4.76. The Kier molecular flexibility index (Phi) is 5.56. The predicted octanol–water partition coefficient (Wildman–Crippen LogP) is 2.33. The highest BCUT2D eigenvalue weighted by Crippen LogP contribution is 2.28. The first-order valence-corrected chi connectivity index (χ1v) is 6.94. The van der Waals surface area contributed by atoms with Crippen LogP contribution in [0, 0.1) is 10.1 Å². The number of hydrogen-bond donors (Lipinski definition) is 0. The van der Waals surface area contributed by atoms with Crippen LogP contribution in [0.3, 0.4) is 0 Å². The Morgan fingerprint density at radius 2 is 2.00 bits per heavy atom. The van der Waals surface area contributed by atoms with E-state index in [-0.39, 0.29) is 23.6 Å². The van der Waals surface area contributed by atoms with Crippen molar-refractivity contribution >= 4 is 12.0 Å². The van der Waals surface area contributed by atoms with E-state index in [1.54, 1.807) is 24.4 Å². The summed E-state index contributed by atoms with van der Waals surface area (Å²) in [6.45, 7) is -0.102. The van der Waals surface area contributed by atoms with Gasteiger partial charge in [-0.3, -0.25) is 19.9 Å². The lowest BCUT2D eigenvalue weighted by molar-refractivity contribution is -0.384. The lowest BCUT2D eigenvalue weighted by atomic mass is 10.1. The fraction of sp³-hybridized carbons (Fsp3) is 0.250. The van der Waals surface area contributed by atoms with Crippen molar-refractivity contribution in [2.24, 2.45) is 0 Å². The maximum atomic E-state index is 11.2. The molecule has 0 bridgehead atoms. The normalized spacial score (nSPS) is 11.1. The maximum Gasteiger partial charge on any atom is 0.270 e. The lowest BCUT2D eigenvalue weighted by Crippen LogP contribution is -2.38. The van der Waals surface area contributed by atoms with Gasteiger partial charge >= 0.3 is 0 Å². The zero-order valence-corrected chi connectivity index (χ0v) is 13.2. The van der Waals surface area contributed by atoms with E-state index in [0.29, 0.717) is 12.0 Å². The fourth-order valence-corrected chi connectivity index (χ4v) is 2.12. The van der Waals surface area contributed by atoms with Gasteiger partial charge in [-0.05, 0) is 18.2 Å². The molecule has 0 saturated heterocycles. The summed E-state index contributed by atoms with van der Waals surface area (Å²) in [5, 5.41) is 10.8. The van der Waals surface area contributed by atoms with Gasteiger partial charge in [-0.1, -0.05) is 6.07 Å². The number of rotatable bonds is 8. The van der Waals surface area contributed by atoms with E-state index in [0.717, 1.165) is 6.07 Å². The first-order chi connectivity index (χ1) is 11.6. The number of nitrogens with zero attached hydrogens (tertiary/aromatic N) is 2. The number of carbonyl (C=O) groups is 1. The maximum absolute atomic E-state index is 11.2. The largest absolute Gasteiger partial charge is 0.487 e. The van der Waals surface area contributed by atoms with Crippen LogP contribution >= 0.6 is 0 Å². The molecule has 0 aliphatic carbocycles. The molecular formula is C16H16N2O6. The number of non-ortho nitro benzene ring substituents is 1. The second kappa shape index (κ2) is 7.62. The number of aromatic nitrogens is 1. The SMILES string of the molecule is COC(COc1ccc([N+](=O)[O-])cc1C=O)(OC)c1ccccn1. The molecule has 1 aromatic carbocycles. The second-order valence-electron chi connectivity index (χ2n) is 4.76. The van der Waals surface area contributed by atoms with Crippen molar-refractivity contribution in [1.82, 2.24) is 4.98 Å². The summed E-state index contributed by atoms with van der Waals surface area (Å²) >= 11 is 0. The molecule has 0 radical (unpaired) electrons. The molecule has 0 aliphatic heterocycles. The number of hydrogen-bond acceptors (Lipinski definition) is 7. The van der Waals surface area contributed by atoms with Crippen molar-refractivity contribution < 1.29 is 23.9 Å². The molecule has 0 aliphatic rings. The Labute approximate surface area is 138 Å². The van der Waals surface area contributed by atoms with Gasteiger partial charge in [0, 0.05) is 32.5 Å². The van der Waals surface area contributed by atoms with E-state index >= 15 is 0 Å². The van der Waals surface area contributed by atoms with Crippen molar-refractivity contribution in [3.05, 3.63) is 64.0 Å². The number of methoxy groups -OCH3 is 2. The van der Waals surface area contributed by atoms with Crippen molar-refractivity contribution in [2.75, 3.05) is 20.8 Å². The zero-order chi connectivity index (χ0) is 17.6. The van der Waals surface area contributed by atoms with Crippen LogP contribution in [0.1, 0.15) is 16.1 Å². The highest BCUT2D eigenvalue weighted by molar-refractivity contribution is 5.80. The van der Waals surface area contributed by atoms with Crippen LogP contribution < -0.4 is 4.74 Å². The van der Waals surface area contributed by atoms with Gasteiger partial charge in [-0.2, -0.15) is 0 Å². The van der Waals surface area contributed by atoms with Crippen LogP contribution in [0.25, 0.3) is 0 Å². The highest BCUT2D eigenvalue weighted by Gasteiger charge is 2.35. The number of nitro groups is 1. The number of aldehydes is 1. The highest BCUT2D eigenvalue weighted by atomic mass is 16.7. The molecule has 126 valence electrons. The van der Waals surface area contributed by atoms with Crippen molar-refractivity contribution in [3.8, 4) is 5.75 Å². The molecule has 8 heteroatoms. The van der Waals surface area contributed by atoms with Crippen LogP contribution in [0.5, 0.6) is 5.75 Å². The third-order valence-electron chi connectivity index (χ3n) is 3.46. The van der Waals surface area contributed by atoms with Gasteiger partial charge in [-0.15, -0.1) is 0 Å². The van der Waals surface area contributed by atoms with Gasteiger partial charge in [0.15, 0.2) is 6.29 Å². The minimum absolute atomic E-state index is 0.0614. The summed E-state index contributed by atoms with van der Waals surface area (Å²) in [4.78, 5) is 25.5. The van der Waals surface area contributed by atoms with Gasteiger partial charge in [-0.25, -0.2) is 0 Å². The topological polar surface area (TPSA) is 101 Å². The summed E-state index contributed by atoms with van der Waals surface area (Å²) in [5.41, 5.74) is 0.356. The van der Waals surface area contributed by atoms with E-state index in [2.05, 4.69) is 4.98 Å². The standard InChI is InChI=1S/C16H16N2O6/c1-22-16(23-2,15-5-3-4-8-17-15)11-24-14-7-6-13(18(20)21)9-12(14)10-19/h3-10H,11H2,1-2H3. The lowest BCUT2D eigenvalue weighted by Gasteiger charge is -2.30. The number of ether oxygens (including phenoxy) is 3. The first-order valence-electron chi connectivity index (χ1n) is 6.94. The van der Waals surface area contributed by atoms with E-state index < -0.39 is 10.7 Å². The molecular weight excluding hydrogens is 316 g/mol. The van der Waals surface area contributed by atoms with Crippen LogP contribution in [-0.4, -0.2) is 37.0 Å². The van der Waals surface area contributed by atoms with Crippen LogP contribution in [0.2, 0.25) is 0 Å². The van der Waals surface area contributed by atoms with Crippen molar-refractivity contribution in [2.45, 2.75) is 5.79 Å². The molecule has 24 heavy (non-hydrogen) atoms. The molecule has 1 heterocycles. The Bertz CT molecular complexity index is 716. The molecule has 2 aromatic rings. The van der Waals surface area contributed by atoms with E-state index in [1.807, 2.05) is 0 Å². The zero-order valence-electron chi connectivity index (χ0n) is 13.2. The Hall–Kier alpha value is -2.84. The summed E-state index contributed by atoms with van der Waals surface area (Å²) < 4.78 is 16.5. The summed E-state index contributed by atoms with van der Waals surface area (Å²) in [7, 11) is 2.88. The van der Waals surface area contributed by atoms with Crippen LogP contribution in [0.15, 0.2) is 42.6 Å². The Morgan fingerprint density at radius 1 is 1.25 bits per heavy atom. The number of carbonyl (C=O) groups excluding carboxylic acids is 1. The van der Waals surface area contributed by atoms with Gasteiger partial charge in [0.2, 0.25) is 5.79 Å². The molecule has 0 saturated carbocycles. The van der Waals surface area contributed by atoms with E-state index in [4.69, 9.17) is 14.2 Å². The van der Waals surface area contributed by atoms with Gasteiger partial charge in [0.25, 0.3) is 5.69 Å². The molecule has 0 N–H and O–H groups in total. The summed E-state index contributed by atoms with van der Waals surface area (Å²) in [6, 6.07) is 9.00. The fourth-order valence-electron chi connectivity index (χ4n) is 2.12. The number of pyridine rings is 1. The third kappa shape index (κ3) is 3.55. The molecule has 0 amide bonds. The van der Waals surface area contributed by atoms with Crippen LogP contribution in [-0.2, 0) is 15.3 Å². The number of benzene rings is 1. The molecule has 0 fully saturated rings. The van der Waals surface area contributed by atoms with Crippen molar-refractivity contribution in [1.29, 1.82) is 0 Å². The minimum atomic E-state index is -1.27. The monoisotopic (exact) mass is 332 g/mol. The average molecular weight is 332 g/mol. The Morgan fingerprint density at radius 3 is 2.54 bits per heavy atom. The predicted molar refractivity (Wildman–Crippen MR) is 83.9 cm³/mol. The van der Waals surface area contributed by atoms with Gasteiger partial charge in [0.1, 0.15) is 18.1 Å². The number of nitro benzene ring substituents is 1. The van der Waals surface area contributed by atoms with Gasteiger partial charge in [0.05, 0.1) is 10.5 Å². The third-order valence-corrected chi connectivity index (χ3v) is 3.46. The molecule has 0 atom stereocenters. The molecule has 2 rings (SSSR count). The van der Waals surface area contributed by atoms with Gasteiger partial charge < -0.3 is 14.2 Å². The quantitative estimate of drug-likeness (QED) is 0.316. The van der Waals surface area contributed by atoms with Crippen molar-refractivity contribution in [3.63, 3.8) is 0 Å². The minimum Gasteiger partial charge on any atom is -0.487 e.